The topological polar surface area (TPSA) is 102 Å². The van der Waals surface area contributed by atoms with Gasteiger partial charge in [-0.1, -0.05) is 122 Å². The number of benzene rings is 3. The van der Waals surface area contributed by atoms with Gasteiger partial charge in [-0.15, -0.1) is 34.9 Å². The summed E-state index contributed by atoms with van der Waals surface area (Å²) in [5, 5.41) is 13.5. The number of ketones is 1. The van der Waals surface area contributed by atoms with E-state index in [0.717, 1.165) is 43.7 Å². The molecule has 0 amide bonds. The van der Waals surface area contributed by atoms with Crippen LogP contribution >= 0.6 is 11.3 Å². The Hall–Kier alpha value is -3.91. The first-order chi connectivity index (χ1) is 26.7. The molecule has 1 fully saturated rings. The second kappa shape index (κ2) is 19.2. The molecule has 1 saturated carbocycles. The molecule has 1 aliphatic carbocycles. The first-order valence-electron chi connectivity index (χ1n) is 20.5. The van der Waals surface area contributed by atoms with Gasteiger partial charge in [0.05, 0.1) is 11.3 Å². The molecule has 6 aromatic rings. The molecule has 0 unspecified atom stereocenters. The van der Waals surface area contributed by atoms with Crippen LogP contribution in [0.1, 0.15) is 98.3 Å². The van der Waals surface area contributed by atoms with E-state index in [-0.39, 0.29) is 43.5 Å². The molecule has 1 aliphatic rings. The summed E-state index contributed by atoms with van der Waals surface area (Å²) in [7, 11) is 0. The van der Waals surface area contributed by atoms with E-state index in [1.54, 1.807) is 17.7 Å². The summed E-state index contributed by atoms with van der Waals surface area (Å²) in [6.07, 6.45) is 9.81. The molecule has 3 aromatic heterocycles. The molecule has 3 heterocycles. The molecule has 0 spiro atoms. The zero-order valence-corrected chi connectivity index (χ0v) is 38.4. The normalized spacial score (nSPS) is 13.9. The van der Waals surface area contributed by atoms with Crippen LogP contribution in [-0.2, 0) is 31.3 Å². The summed E-state index contributed by atoms with van der Waals surface area (Å²) in [6.45, 7) is 20.4. The van der Waals surface area contributed by atoms with Gasteiger partial charge in [0, 0.05) is 58.5 Å². The fourth-order valence-corrected chi connectivity index (χ4v) is 10.2. The monoisotopic (exact) mass is 961 g/mol. The summed E-state index contributed by atoms with van der Waals surface area (Å²) in [5.41, 5.74) is 5.23. The van der Waals surface area contributed by atoms with Crippen molar-refractivity contribution < 1.29 is 30.0 Å². The van der Waals surface area contributed by atoms with E-state index < -0.39 is 0 Å². The first kappa shape index (κ1) is 44.2. The fourth-order valence-electron chi connectivity index (χ4n) is 8.98. The van der Waals surface area contributed by atoms with Gasteiger partial charge in [0.2, 0.25) is 0 Å². The number of carbonyl (C=O) groups excluding carboxylic acids is 1. The molecule has 303 valence electrons. The predicted molar refractivity (Wildman–Crippen MR) is 233 cm³/mol. The van der Waals surface area contributed by atoms with Crippen LogP contribution in [0.3, 0.4) is 0 Å². The summed E-state index contributed by atoms with van der Waals surface area (Å²) in [4.78, 5) is 35.5. The zero-order valence-electron chi connectivity index (χ0n) is 35.2. The number of aromatic nitrogens is 5. The maximum absolute atomic E-state index is 12.3. The maximum atomic E-state index is 12.3. The van der Waals surface area contributed by atoms with Crippen LogP contribution in [0.2, 0.25) is 0 Å². The zero-order chi connectivity index (χ0) is 40.3. The third kappa shape index (κ3) is 10.2. The van der Waals surface area contributed by atoms with Crippen molar-refractivity contribution in [3.8, 4) is 22.6 Å². The first-order valence-corrected chi connectivity index (χ1v) is 21.3. The molecule has 1 N–H and O–H groups in total. The van der Waals surface area contributed by atoms with Gasteiger partial charge < -0.3 is 5.11 Å². The predicted octanol–water partition coefficient (Wildman–Crippen LogP) is 12.5. The summed E-state index contributed by atoms with van der Waals surface area (Å²) in [6, 6.07) is 20.9. The smallest absolute Gasteiger partial charge is 0.162 e. The number of hydrogen-bond acceptors (Lipinski definition) is 8. The number of hydrogen-bond donors (Lipinski definition) is 1. The average Bonchev–Trinajstić information content (AvgIpc) is 3.77. The van der Waals surface area contributed by atoms with Crippen molar-refractivity contribution in [2.24, 2.45) is 41.4 Å². The van der Waals surface area contributed by atoms with Crippen LogP contribution in [0.15, 0.2) is 66.7 Å². The van der Waals surface area contributed by atoms with E-state index in [0.29, 0.717) is 41.1 Å². The Morgan fingerprint density at radius 2 is 1.46 bits per heavy atom. The minimum absolute atomic E-state index is 0. The largest absolute Gasteiger partial charge is 0.512 e. The van der Waals surface area contributed by atoms with Crippen molar-refractivity contribution in [3.63, 3.8) is 0 Å². The number of fused-ring (bicyclic) bond motifs is 4. The van der Waals surface area contributed by atoms with Gasteiger partial charge in [0.15, 0.2) is 5.78 Å². The van der Waals surface area contributed by atoms with Crippen molar-refractivity contribution in [3.05, 3.63) is 90.0 Å². The molecule has 9 heteroatoms. The third-order valence-corrected chi connectivity index (χ3v) is 12.4. The van der Waals surface area contributed by atoms with Gasteiger partial charge >= 0.3 is 0 Å². The second-order valence-electron chi connectivity index (χ2n) is 17.1. The van der Waals surface area contributed by atoms with Gasteiger partial charge in [-0.3, -0.25) is 9.78 Å². The van der Waals surface area contributed by atoms with Crippen LogP contribution < -0.4 is 0 Å². The number of carbonyl (C=O) groups is 1. The van der Waals surface area contributed by atoms with Crippen LogP contribution in [-0.4, -0.2) is 35.8 Å². The summed E-state index contributed by atoms with van der Waals surface area (Å²) in [5.74, 6) is 4.56. The Morgan fingerprint density at radius 1 is 0.825 bits per heavy atom. The van der Waals surface area contributed by atoms with Crippen molar-refractivity contribution >= 4 is 48.2 Å². The molecule has 0 atom stereocenters. The number of aliphatic hydroxyl groups excluding tert-OH is 1. The Bertz CT molecular complexity index is 2320. The quantitative estimate of drug-likeness (QED) is 0.0784. The average molecular weight is 961 g/mol. The Morgan fingerprint density at radius 3 is 2.09 bits per heavy atom. The Kier molecular flexibility index (Phi) is 14.9. The number of rotatable bonds is 11. The van der Waals surface area contributed by atoms with E-state index >= 15 is 0 Å². The van der Waals surface area contributed by atoms with Gasteiger partial charge in [0.1, 0.15) is 23.8 Å². The summed E-state index contributed by atoms with van der Waals surface area (Å²) < 4.78 is 2.37. The van der Waals surface area contributed by atoms with Crippen LogP contribution in [0.5, 0.6) is 0 Å². The SMILES string of the molecule is CC(C)C(C(=O)/C=C(\O)C(C(C)C)C(C)C)C(C)C.Cc1nc(C)nc(-c2cc(-c3ncnc4c3sc3cc(CC5CCCC5)ccc34)[c-]c3ccccc23)n1.[Ir]. The molecule has 0 bridgehead atoms. The molecule has 1 radical (unpaired) electrons. The van der Waals surface area contributed by atoms with Gasteiger partial charge in [-0.2, -0.15) is 0 Å². The molecule has 7 rings (SSSR count). The molecule has 0 saturated heterocycles. The van der Waals surface area contributed by atoms with E-state index in [1.807, 2.05) is 26.0 Å². The minimum Gasteiger partial charge on any atom is -0.512 e. The van der Waals surface area contributed by atoms with E-state index in [2.05, 4.69) is 113 Å². The van der Waals surface area contributed by atoms with Crippen molar-refractivity contribution in [2.75, 3.05) is 0 Å². The third-order valence-electron chi connectivity index (χ3n) is 11.3. The molecular weight excluding hydrogens is 903 g/mol. The molecule has 0 aliphatic heterocycles. The number of allylic oxidation sites excluding steroid dienone is 2. The van der Waals surface area contributed by atoms with Crippen LogP contribution in [0.25, 0.3) is 53.7 Å². The van der Waals surface area contributed by atoms with E-state index in [9.17, 15) is 9.90 Å². The standard InChI is InChI=1S/C31H26N5S.C17H32O2.Ir/c1-18-34-19(2)36-31(35-18)26-16-23(15-22-9-5-6-10-24(22)26)28-30-29(33-17-32-28)25-12-11-21(14-27(25)37-30)13-20-7-3-4-8-20;1-10(2)16(11(3)4)14(18)9-15(19)17(12(5)6)13(7)8;/h5-6,9-12,14,16-17,20H,3-4,7-8,13H2,1-2H3;9-13,16-18H,1-8H3;/q-1;;/b;14-9-;. The van der Waals surface area contributed by atoms with Gasteiger partial charge in [-0.05, 0) is 67.1 Å². The molecular formula is C48H58IrN5O2S-. The molecule has 57 heavy (non-hydrogen) atoms. The Balaban J connectivity index is 0.000000267. The molecule has 3 aromatic carbocycles. The fraction of sp³-hybridized carbons (Fsp3) is 0.458. The second-order valence-corrected chi connectivity index (χ2v) is 18.1. The number of aryl methyl sites for hydroxylation is 2. The number of thiophene rings is 1. The maximum Gasteiger partial charge on any atom is 0.162 e. The minimum atomic E-state index is -0.0119. The van der Waals surface area contributed by atoms with Crippen LogP contribution in [0, 0.1) is 61.3 Å². The van der Waals surface area contributed by atoms with Crippen molar-refractivity contribution in [1.29, 1.82) is 0 Å². The number of aliphatic hydroxyl groups is 1. The number of nitrogens with zero attached hydrogens (tertiary/aromatic N) is 5. The van der Waals surface area contributed by atoms with Crippen LogP contribution in [0.4, 0.5) is 0 Å². The van der Waals surface area contributed by atoms with Gasteiger partial charge in [0.25, 0.3) is 0 Å². The van der Waals surface area contributed by atoms with Gasteiger partial charge in [-0.25, -0.2) is 19.9 Å². The van der Waals surface area contributed by atoms with Crippen molar-refractivity contribution in [1.82, 2.24) is 24.9 Å². The van der Waals surface area contributed by atoms with Crippen molar-refractivity contribution in [2.45, 2.75) is 101 Å². The van der Waals surface area contributed by atoms with E-state index in [4.69, 9.17) is 9.97 Å². The molecule has 7 nitrogen and oxygen atoms in total. The summed E-state index contributed by atoms with van der Waals surface area (Å²) >= 11 is 1.78. The Labute approximate surface area is 356 Å². The van der Waals surface area contributed by atoms with E-state index in [1.165, 1.54) is 53.8 Å².